The molecule has 142 valence electrons. The zero-order valence-electron chi connectivity index (χ0n) is 15.0. The van der Waals surface area contributed by atoms with E-state index in [1.54, 1.807) is 0 Å². The van der Waals surface area contributed by atoms with E-state index in [0.717, 1.165) is 11.1 Å². The van der Waals surface area contributed by atoms with E-state index in [1.807, 2.05) is 42.1 Å². The Morgan fingerprint density at radius 1 is 1.27 bits per heavy atom. The minimum Gasteiger partial charge on any atom is -0.445 e. The molecule has 26 heavy (non-hydrogen) atoms. The molecule has 9 heteroatoms. The van der Waals surface area contributed by atoms with Gasteiger partial charge in [-0.25, -0.2) is 4.79 Å². The summed E-state index contributed by atoms with van der Waals surface area (Å²) in [5.74, 6) is 0.477. The Balaban J connectivity index is 0.000000765. The maximum absolute atomic E-state index is 11.3. The van der Waals surface area contributed by atoms with Crippen molar-refractivity contribution in [1.82, 2.24) is 15.1 Å². The molecule has 1 heterocycles. The first-order valence-electron chi connectivity index (χ1n) is 8.09. The highest BCUT2D eigenvalue weighted by Gasteiger charge is 2.05. The quantitative estimate of drug-likeness (QED) is 0.823. The second-order valence-electron chi connectivity index (χ2n) is 5.76. The topological polar surface area (TPSA) is 107 Å². The fraction of sp³-hybridized carbons (Fsp3) is 0.412. The molecule has 2 aromatic rings. The molecule has 1 aromatic carbocycles. The number of amides is 1. The molecule has 0 saturated carbocycles. The van der Waals surface area contributed by atoms with Crippen LogP contribution in [0.4, 0.5) is 4.79 Å². The predicted molar refractivity (Wildman–Crippen MR) is 95.4 cm³/mol. The molecular weight excluding hydrogens is 358 g/mol. The van der Waals surface area contributed by atoms with E-state index in [-0.39, 0.29) is 12.7 Å². The Bertz CT molecular complexity index is 809. The molecule has 8 nitrogen and oxygen atoms in total. The van der Waals surface area contributed by atoms with Crippen molar-refractivity contribution in [2.75, 3.05) is 6.54 Å². The number of aromatic nitrogens is 2. The summed E-state index contributed by atoms with van der Waals surface area (Å²) in [5.41, 5.74) is 3.34. The van der Waals surface area contributed by atoms with Crippen LogP contribution in [0.1, 0.15) is 43.4 Å². The largest absolute Gasteiger partial charge is 0.445 e. The fourth-order valence-electron chi connectivity index (χ4n) is 2.11. The minimum absolute atomic E-state index is 0.274. The third-order valence-corrected chi connectivity index (χ3v) is 3.35. The molecule has 1 aromatic heterocycles. The Morgan fingerprint density at radius 2 is 1.92 bits per heavy atom. The van der Waals surface area contributed by atoms with E-state index >= 15 is 0 Å². The zero-order chi connectivity index (χ0) is 19.5. The van der Waals surface area contributed by atoms with Gasteiger partial charge < -0.3 is 10.1 Å². The highest BCUT2D eigenvalue weighted by molar-refractivity contribution is 7.59. The van der Waals surface area contributed by atoms with Crippen LogP contribution in [0.25, 0.3) is 0 Å². The van der Waals surface area contributed by atoms with Crippen LogP contribution in [-0.4, -0.2) is 35.0 Å². The molecule has 0 atom stereocenters. The van der Waals surface area contributed by atoms with Gasteiger partial charge in [0.25, 0.3) is 0 Å². The third-order valence-electron chi connectivity index (χ3n) is 3.35. The van der Waals surface area contributed by atoms with Crippen LogP contribution in [0.2, 0.25) is 0 Å². The second kappa shape index (κ2) is 11.0. The normalized spacial score (nSPS) is 10.0. The van der Waals surface area contributed by atoms with Gasteiger partial charge in [-0.15, -0.1) is 12.6 Å². The SMILES string of the molecule is CCNC(=O)OCc1cccc(Cn2cc(C(C)C)cn2)c1.O=S(=O)=O. The number of carbonyl (C=O) groups excluding carboxylic acids is 1. The lowest BCUT2D eigenvalue weighted by Crippen LogP contribution is -2.23. The van der Waals surface area contributed by atoms with E-state index in [2.05, 4.69) is 30.5 Å². The summed E-state index contributed by atoms with van der Waals surface area (Å²) in [6.45, 7) is 7.72. The molecule has 0 saturated heterocycles. The summed E-state index contributed by atoms with van der Waals surface area (Å²) in [5, 5.41) is 6.99. The molecular formula is C17H23N3O5S. The van der Waals surface area contributed by atoms with Crippen LogP contribution < -0.4 is 5.32 Å². The van der Waals surface area contributed by atoms with Crippen LogP contribution in [0.5, 0.6) is 0 Å². The number of hydrogen-bond acceptors (Lipinski definition) is 6. The van der Waals surface area contributed by atoms with Gasteiger partial charge >= 0.3 is 16.7 Å². The number of rotatable bonds is 6. The molecule has 0 bridgehead atoms. The first-order chi connectivity index (χ1) is 12.3. The molecule has 0 spiro atoms. The van der Waals surface area contributed by atoms with E-state index < -0.39 is 10.6 Å². The van der Waals surface area contributed by atoms with Gasteiger partial charge in [-0.2, -0.15) is 5.10 Å². The van der Waals surface area contributed by atoms with Crippen molar-refractivity contribution in [3.05, 3.63) is 53.3 Å². The lowest BCUT2D eigenvalue weighted by atomic mass is 10.1. The molecule has 0 fully saturated rings. The van der Waals surface area contributed by atoms with Gasteiger partial charge in [0.2, 0.25) is 0 Å². The number of alkyl carbamates (subject to hydrolysis) is 1. The summed E-state index contributed by atoms with van der Waals surface area (Å²) in [6, 6.07) is 8.01. The van der Waals surface area contributed by atoms with Gasteiger partial charge in [0, 0.05) is 12.7 Å². The van der Waals surface area contributed by atoms with Crippen LogP contribution in [0, 0.1) is 0 Å². The first kappa shape index (κ1) is 21.4. The number of carbonyl (C=O) groups is 1. The summed E-state index contributed by atoms with van der Waals surface area (Å²) in [7, 11) is -3.11. The molecule has 0 aliphatic heterocycles. The van der Waals surface area contributed by atoms with Gasteiger partial charge in [0.15, 0.2) is 0 Å². The number of nitrogens with zero attached hydrogens (tertiary/aromatic N) is 2. The number of hydrogen-bond donors (Lipinski definition) is 1. The number of nitrogens with one attached hydrogen (secondary N) is 1. The Kier molecular flexibility index (Phi) is 9.07. The lowest BCUT2D eigenvalue weighted by Gasteiger charge is -2.07. The second-order valence-corrected chi connectivity index (χ2v) is 6.16. The van der Waals surface area contributed by atoms with E-state index in [1.165, 1.54) is 5.56 Å². The maximum atomic E-state index is 11.3. The van der Waals surface area contributed by atoms with E-state index in [4.69, 9.17) is 17.4 Å². The lowest BCUT2D eigenvalue weighted by molar-refractivity contribution is 0.140. The standard InChI is InChI=1S/C17H23N3O2.O3S/c1-4-18-17(21)22-12-15-7-5-6-14(8-15)10-20-11-16(9-19-20)13(2)3;1-4(2)3/h5-9,11,13H,4,10,12H2,1-3H3,(H,18,21);. The van der Waals surface area contributed by atoms with Crippen molar-refractivity contribution in [1.29, 1.82) is 0 Å². The molecule has 1 amide bonds. The Labute approximate surface area is 154 Å². The first-order valence-corrected chi connectivity index (χ1v) is 9.09. The van der Waals surface area contributed by atoms with Crippen LogP contribution >= 0.6 is 0 Å². The molecule has 0 aliphatic carbocycles. The van der Waals surface area contributed by atoms with Gasteiger partial charge in [-0.3, -0.25) is 4.68 Å². The highest BCUT2D eigenvalue weighted by atomic mass is 32.2. The average Bonchev–Trinajstić information content (AvgIpc) is 3.02. The van der Waals surface area contributed by atoms with Crippen molar-refractivity contribution in [3.63, 3.8) is 0 Å². The molecule has 1 N–H and O–H groups in total. The molecule has 0 radical (unpaired) electrons. The van der Waals surface area contributed by atoms with Crippen LogP contribution in [0.3, 0.4) is 0 Å². The van der Waals surface area contributed by atoms with Crippen LogP contribution in [0.15, 0.2) is 36.7 Å². The van der Waals surface area contributed by atoms with Gasteiger partial charge in [0.1, 0.15) is 6.61 Å². The van der Waals surface area contributed by atoms with Gasteiger partial charge in [0.05, 0.1) is 12.7 Å². The Morgan fingerprint density at radius 3 is 2.50 bits per heavy atom. The number of benzene rings is 1. The highest BCUT2D eigenvalue weighted by Crippen LogP contribution is 2.14. The van der Waals surface area contributed by atoms with Crippen molar-refractivity contribution >= 4 is 16.7 Å². The predicted octanol–water partition coefficient (Wildman–Crippen LogP) is 2.30. The van der Waals surface area contributed by atoms with Crippen molar-refractivity contribution < 1.29 is 22.2 Å². The van der Waals surface area contributed by atoms with Crippen molar-refractivity contribution in [2.24, 2.45) is 0 Å². The molecule has 0 unspecified atom stereocenters. The summed E-state index contributed by atoms with van der Waals surface area (Å²) in [4.78, 5) is 11.3. The Hall–Kier alpha value is -2.68. The molecule has 2 rings (SSSR count). The van der Waals surface area contributed by atoms with Crippen molar-refractivity contribution in [2.45, 2.75) is 39.8 Å². The smallest absolute Gasteiger partial charge is 0.425 e. The van der Waals surface area contributed by atoms with Gasteiger partial charge in [-0.05, 0) is 29.5 Å². The van der Waals surface area contributed by atoms with Gasteiger partial charge in [-0.1, -0.05) is 38.1 Å². The number of ether oxygens (including phenoxy) is 1. The average molecular weight is 381 g/mol. The zero-order valence-corrected chi connectivity index (χ0v) is 15.8. The summed E-state index contributed by atoms with van der Waals surface area (Å²) < 4.78 is 32.4. The fourth-order valence-corrected chi connectivity index (χ4v) is 2.11. The van der Waals surface area contributed by atoms with Crippen molar-refractivity contribution in [3.8, 4) is 0 Å². The molecule has 0 aliphatic rings. The minimum atomic E-state index is -3.11. The summed E-state index contributed by atoms with van der Waals surface area (Å²) in [6.07, 6.45) is 3.59. The van der Waals surface area contributed by atoms with Crippen LogP contribution in [-0.2, 0) is 28.5 Å². The van der Waals surface area contributed by atoms with E-state index in [9.17, 15) is 4.79 Å². The maximum Gasteiger partial charge on any atom is 0.425 e. The summed E-state index contributed by atoms with van der Waals surface area (Å²) >= 11 is 0. The van der Waals surface area contributed by atoms with E-state index in [0.29, 0.717) is 19.0 Å². The monoisotopic (exact) mass is 381 g/mol. The third kappa shape index (κ3) is 8.43.